The van der Waals surface area contributed by atoms with Crippen molar-refractivity contribution in [3.8, 4) is 0 Å². The molecule has 5 heteroatoms. The van der Waals surface area contributed by atoms with Crippen LogP contribution in [-0.4, -0.2) is 12.6 Å². The first-order valence-corrected chi connectivity index (χ1v) is 5.24. The minimum Gasteiger partial charge on any atom is -0.462 e. The lowest BCUT2D eigenvalue weighted by Crippen LogP contribution is -2.06. The molecule has 17 heavy (non-hydrogen) atoms. The van der Waals surface area contributed by atoms with Crippen LogP contribution in [0.3, 0.4) is 0 Å². The van der Waals surface area contributed by atoms with Crippen LogP contribution in [0.2, 0.25) is 0 Å². The van der Waals surface area contributed by atoms with E-state index in [9.17, 15) is 4.79 Å². The fraction of sp³-hybridized carbons (Fsp3) is 0.250. The molecule has 1 aromatic carbocycles. The van der Waals surface area contributed by atoms with Gasteiger partial charge in [-0.1, -0.05) is 41.5 Å². The second-order valence-electron chi connectivity index (χ2n) is 3.19. The van der Waals surface area contributed by atoms with Gasteiger partial charge in [-0.15, -0.1) is 0 Å². The average molecular weight is 231 g/mol. The molecule has 0 fully saturated rings. The first-order chi connectivity index (χ1) is 8.27. The van der Waals surface area contributed by atoms with E-state index in [2.05, 4.69) is 10.0 Å². The molecule has 0 heterocycles. The molecule has 1 aromatic rings. The monoisotopic (exact) mass is 231 g/mol. The van der Waals surface area contributed by atoms with Crippen LogP contribution in [-0.2, 0) is 16.0 Å². The number of esters is 1. The van der Waals surface area contributed by atoms with Crippen LogP contribution >= 0.6 is 0 Å². The highest BCUT2D eigenvalue weighted by molar-refractivity contribution is 5.88. The first-order valence-electron chi connectivity index (χ1n) is 5.24. The number of ether oxygens (including phenoxy) is 1. The topological polar surface area (TPSA) is 75.1 Å². The van der Waals surface area contributed by atoms with E-state index in [1.54, 1.807) is 13.0 Å². The van der Waals surface area contributed by atoms with E-state index in [1.807, 2.05) is 30.3 Å². The summed E-state index contributed by atoms with van der Waals surface area (Å²) in [5.74, 6) is -0.596. The normalized spacial score (nSPS) is 10.5. The second kappa shape index (κ2) is 7.09. The van der Waals surface area contributed by atoms with Gasteiger partial charge in [0.1, 0.15) is 5.70 Å². The Kier molecular flexibility index (Phi) is 5.34. The summed E-state index contributed by atoms with van der Waals surface area (Å²) in [5, 5.41) is 3.32. The number of carbonyl (C=O) groups is 1. The highest BCUT2D eigenvalue weighted by Gasteiger charge is 2.07. The smallest absolute Gasteiger partial charge is 0.340 e. The molecule has 0 spiro atoms. The molecule has 88 valence electrons. The SMILES string of the molecule is CCOC(=O)/C(=C/Cc1ccccc1)N=[N+]=[N-]. The van der Waals surface area contributed by atoms with Crippen molar-refractivity contribution >= 4 is 5.97 Å². The van der Waals surface area contributed by atoms with E-state index >= 15 is 0 Å². The molecular formula is C12H13N3O2. The van der Waals surface area contributed by atoms with Crippen LogP contribution < -0.4 is 0 Å². The number of hydrogen-bond acceptors (Lipinski definition) is 3. The Labute approximate surface area is 99.3 Å². The van der Waals surface area contributed by atoms with Gasteiger partial charge in [-0.05, 0) is 24.4 Å². The summed E-state index contributed by atoms with van der Waals surface area (Å²) < 4.78 is 4.77. The summed E-state index contributed by atoms with van der Waals surface area (Å²) in [5.41, 5.74) is 9.39. The molecule has 0 saturated carbocycles. The predicted molar refractivity (Wildman–Crippen MR) is 64.0 cm³/mol. The maximum atomic E-state index is 11.4. The first kappa shape index (κ1) is 12.8. The lowest BCUT2D eigenvalue weighted by Gasteiger charge is -2.01. The molecule has 0 aliphatic carbocycles. The molecule has 0 radical (unpaired) electrons. The summed E-state index contributed by atoms with van der Waals surface area (Å²) in [6.45, 7) is 1.95. The third-order valence-electron chi connectivity index (χ3n) is 2.01. The molecule has 0 saturated heterocycles. The Morgan fingerprint density at radius 1 is 1.47 bits per heavy atom. The van der Waals surface area contributed by atoms with Crippen molar-refractivity contribution in [3.05, 3.63) is 58.1 Å². The number of nitrogens with zero attached hydrogens (tertiary/aromatic N) is 3. The van der Waals surface area contributed by atoms with Gasteiger partial charge >= 0.3 is 5.97 Å². The molecule has 0 bridgehead atoms. The van der Waals surface area contributed by atoms with Crippen molar-refractivity contribution in [1.82, 2.24) is 0 Å². The Morgan fingerprint density at radius 3 is 2.76 bits per heavy atom. The average Bonchev–Trinajstić information content (AvgIpc) is 2.36. The van der Waals surface area contributed by atoms with Crippen LogP contribution in [0.1, 0.15) is 12.5 Å². The molecule has 0 aliphatic rings. The summed E-state index contributed by atoms with van der Waals surface area (Å²) >= 11 is 0. The third kappa shape index (κ3) is 4.40. The molecule has 1 rings (SSSR count). The van der Waals surface area contributed by atoms with Gasteiger partial charge in [-0.25, -0.2) is 4.79 Å². The van der Waals surface area contributed by atoms with Gasteiger partial charge in [0, 0.05) is 4.91 Å². The Bertz CT molecular complexity index is 448. The molecular weight excluding hydrogens is 218 g/mol. The van der Waals surface area contributed by atoms with Gasteiger partial charge in [-0.2, -0.15) is 0 Å². The Balaban J connectivity index is 2.77. The van der Waals surface area contributed by atoms with E-state index in [0.29, 0.717) is 6.42 Å². The van der Waals surface area contributed by atoms with Gasteiger partial charge in [0.05, 0.1) is 6.61 Å². The minimum absolute atomic E-state index is 0.00166. The standard InChI is InChI=1S/C12H13N3O2/c1-2-17-12(16)11(14-15-13)9-8-10-6-4-3-5-7-10/h3-7,9H,2,8H2,1H3/b11-9-. The van der Waals surface area contributed by atoms with Gasteiger partial charge in [0.15, 0.2) is 0 Å². The number of azide groups is 1. The highest BCUT2D eigenvalue weighted by Crippen LogP contribution is 2.06. The van der Waals surface area contributed by atoms with Gasteiger partial charge in [0.25, 0.3) is 0 Å². The number of allylic oxidation sites excluding steroid dienone is 1. The van der Waals surface area contributed by atoms with Crippen LogP contribution in [0.4, 0.5) is 0 Å². The zero-order valence-corrected chi connectivity index (χ0v) is 9.54. The van der Waals surface area contributed by atoms with Crippen molar-refractivity contribution in [3.63, 3.8) is 0 Å². The largest absolute Gasteiger partial charge is 0.462 e. The minimum atomic E-state index is -0.596. The third-order valence-corrected chi connectivity index (χ3v) is 2.01. The summed E-state index contributed by atoms with van der Waals surface area (Å²) in [6.07, 6.45) is 2.08. The fourth-order valence-corrected chi connectivity index (χ4v) is 1.25. The van der Waals surface area contributed by atoms with E-state index in [-0.39, 0.29) is 12.3 Å². The van der Waals surface area contributed by atoms with Crippen molar-refractivity contribution in [1.29, 1.82) is 0 Å². The van der Waals surface area contributed by atoms with Gasteiger partial charge in [-0.3, -0.25) is 0 Å². The molecule has 0 amide bonds. The highest BCUT2D eigenvalue weighted by atomic mass is 16.5. The molecule has 0 N–H and O–H groups in total. The van der Waals surface area contributed by atoms with Crippen LogP contribution in [0, 0.1) is 0 Å². The molecule has 0 atom stereocenters. The zero-order chi connectivity index (χ0) is 12.5. The predicted octanol–water partition coefficient (Wildman–Crippen LogP) is 2.99. The lowest BCUT2D eigenvalue weighted by molar-refractivity contribution is -0.138. The van der Waals surface area contributed by atoms with Crippen molar-refractivity contribution in [2.24, 2.45) is 5.11 Å². The second-order valence-corrected chi connectivity index (χ2v) is 3.19. The molecule has 0 unspecified atom stereocenters. The van der Waals surface area contributed by atoms with Crippen molar-refractivity contribution in [2.75, 3.05) is 6.61 Å². The molecule has 0 aliphatic heterocycles. The summed E-state index contributed by atoms with van der Waals surface area (Å²) in [6, 6.07) is 9.57. The number of rotatable bonds is 5. The fourth-order valence-electron chi connectivity index (χ4n) is 1.25. The van der Waals surface area contributed by atoms with E-state index in [0.717, 1.165) is 5.56 Å². The lowest BCUT2D eigenvalue weighted by atomic mass is 10.1. The van der Waals surface area contributed by atoms with Crippen molar-refractivity contribution < 1.29 is 9.53 Å². The van der Waals surface area contributed by atoms with Crippen molar-refractivity contribution in [2.45, 2.75) is 13.3 Å². The number of hydrogen-bond donors (Lipinski definition) is 0. The van der Waals surface area contributed by atoms with E-state index < -0.39 is 5.97 Å². The molecule has 5 nitrogen and oxygen atoms in total. The Hall–Kier alpha value is -2.26. The Morgan fingerprint density at radius 2 is 2.18 bits per heavy atom. The van der Waals surface area contributed by atoms with Gasteiger partial charge in [0.2, 0.25) is 0 Å². The van der Waals surface area contributed by atoms with Crippen LogP contribution in [0.15, 0.2) is 47.2 Å². The van der Waals surface area contributed by atoms with E-state index in [1.165, 1.54) is 0 Å². The summed E-state index contributed by atoms with van der Waals surface area (Å²) in [4.78, 5) is 14.0. The number of benzene rings is 1. The number of carbonyl (C=O) groups excluding carboxylic acids is 1. The summed E-state index contributed by atoms with van der Waals surface area (Å²) in [7, 11) is 0. The quantitative estimate of drug-likeness (QED) is 0.257. The molecule has 0 aromatic heterocycles. The van der Waals surface area contributed by atoms with Crippen LogP contribution in [0.25, 0.3) is 10.4 Å². The zero-order valence-electron chi connectivity index (χ0n) is 9.54. The van der Waals surface area contributed by atoms with E-state index in [4.69, 9.17) is 10.3 Å². The van der Waals surface area contributed by atoms with Gasteiger partial charge < -0.3 is 4.74 Å². The maximum absolute atomic E-state index is 11.4. The maximum Gasteiger partial charge on any atom is 0.340 e. The van der Waals surface area contributed by atoms with Crippen LogP contribution in [0.5, 0.6) is 0 Å².